The van der Waals surface area contributed by atoms with Crippen molar-refractivity contribution >= 4 is 17.4 Å². The van der Waals surface area contributed by atoms with Gasteiger partial charge in [0, 0.05) is 35.8 Å². The lowest BCUT2D eigenvalue weighted by Gasteiger charge is -2.20. The summed E-state index contributed by atoms with van der Waals surface area (Å²) in [6, 6.07) is 10.1. The molecule has 1 N–H and O–H groups in total. The molecule has 1 aliphatic rings. The van der Waals surface area contributed by atoms with Gasteiger partial charge in [-0.15, -0.1) is 11.8 Å². The highest BCUT2D eigenvalue weighted by atomic mass is 32.2. The first-order chi connectivity index (χ1) is 8.19. The van der Waals surface area contributed by atoms with Crippen LogP contribution in [0.5, 0.6) is 0 Å². The summed E-state index contributed by atoms with van der Waals surface area (Å²) < 4.78 is 0. The van der Waals surface area contributed by atoms with E-state index in [2.05, 4.69) is 54.6 Å². The number of hydrogen-bond acceptors (Lipinski definition) is 3. The Bertz CT molecular complexity index is 348. The van der Waals surface area contributed by atoms with Gasteiger partial charge in [0.1, 0.15) is 0 Å². The van der Waals surface area contributed by atoms with E-state index >= 15 is 0 Å². The van der Waals surface area contributed by atoms with Gasteiger partial charge in [-0.2, -0.15) is 0 Å². The Hall–Kier alpha value is -0.670. The molecule has 0 spiro atoms. The Labute approximate surface area is 109 Å². The average molecular weight is 250 g/mol. The molecule has 2 nitrogen and oxygen atoms in total. The number of thioether (sulfide) groups is 1. The van der Waals surface area contributed by atoms with E-state index in [0.717, 1.165) is 6.54 Å². The molecule has 1 atom stereocenters. The van der Waals surface area contributed by atoms with E-state index in [1.165, 1.54) is 23.5 Å². The lowest BCUT2D eigenvalue weighted by Crippen LogP contribution is -2.36. The molecule has 1 fully saturated rings. The molecule has 1 saturated heterocycles. The van der Waals surface area contributed by atoms with Crippen molar-refractivity contribution in [3.8, 4) is 0 Å². The first-order valence-corrected chi connectivity index (χ1v) is 7.56. The predicted octanol–water partition coefficient (Wildman–Crippen LogP) is 2.99. The molecule has 0 saturated carbocycles. The van der Waals surface area contributed by atoms with Crippen LogP contribution < -0.4 is 10.2 Å². The lowest BCUT2D eigenvalue weighted by atomic mass is 10.2. The van der Waals surface area contributed by atoms with Gasteiger partial charge in [0.25, 0.3) is 0 Å². The van der Waals surface area contributed by atoms with E-state index < -0.39 is 0 Å². The molecule has 3 heteroatoms. The third-order valence-electron chi connectivity index (χ3n) is 3.19. The summed E-state index contributed by atoms with van der Waals surface area (Å²) >= 11 is 1.80. The first-order valence-electron chi connectivity index (χ1n) is 6.34. The van der Waals surface area contributed by atoms with Crippen LogP contribution in [0.4, 0.5) is 5.69 Å². The molecule has 94 valence electrons. The van der Waals surface area contributed by atoms with E-state index in [1.54, 1.807) is 11.8 Å². The summed E-state index contributed by atoms with van der Waals surface area (Å²) in [6.45, 7) is 6.74. The minimum Gasteiger partial charge on any atom is -0.370 e. The third-order valence-corrected chi connectivity index (χ3v) is 3.94. The smallest absolute Gasteiger partial charge is 0.0367 e. The van der Waals surface area contributed by atoms with E-state index in [-0.39, 0.29) is 0 Å². The van der Waals surface area contributed by atoms with Crippen LogP contribution in [-0.4, -0.2) is 31.4 Å². The molecule has 1 aromatic rings. The second-order valence-corrected chi connectivity index (χ2v) is 5.83. The normalized spacial score (nSPS) is 20.2. The minimum absolute atomic E-state index is 0.582. The molecular weight excluding hydrogens is 228 g/mol. The van der Waals surface area contributed by atoms with Crippen LogP contribution in [-0.2, 0) is 0 Å². The summed E-state index contributed by atoms with van der Waals surface area (Å²) in [6.07, 6.45) is 3.37. The van der Waals surface area contributed by atoms with Crippen molar-refractivity contribution in [3.05, 3.63) is 24.3 Å². The Balaban J connectivity index is 1.95. The van der Waals surface area contributed by atoms with Crippen LogP contribution >= 0.6 is 11.8 Å². The van der Waals surface area contributed by atoms with Crippen LogP contribution in [0.15, 0.2) is 29.2 Å². The van der Waals surface area contributed by atoms with Gasteiger partial charge in [-0.05, 0) is 36.9 Å². The van der Waals surface area contributed by atoms with Gasteiger partial charge in [-0.1, -0.05) is 13.8 Å². The van der Waals surface area contributed by atoms with Gasteiger partial charge < -0.3 is 10.2 Å². The highest BCUT2D eigenvalue weighted by Gasteiger charge is 2.22. The Kier molecular flexibility index (Phi) is 4.35. The maximum Gasteiger partial charge on any atom is 0.0367 e. The van der Waals surface area contributed by atoms with Gasteiger partial charge in [-0.3, -0.25) is 0 Å². The lowest BCUT2D eigenvalue weighted by molar-refractivity contribution is 0.492. The number of benzene rings is 1. The number of nitrogens with zero attached hydrogens (tertiary/aromatic N) is 1. The highest BCUT2D eigenvalue weighted by molar-refractivity contribution is 7.98. The fourth-order valence-corrected chi connectivity index (χ4v) is 2.80. The topological polar surface area (TPSA) is 15.3 Å². The minimum atomic E-state index is 0.582. The molecule has 1 aromatic carbocycles. The number of hydrogen-bond donors (Lipinski definition) is 1. The Morgan fingerprint density at radius 2 is 2.00 bits per heavy atom. The summed E-state index contributed by atoms with van der Waals surface area (Å²) in [5.41, 5.74) is 1.36. The van der Waals surface area contributed by atoms with Crippen molar-refractivity contribution in [3.63, 3.8) is 0 Å². The molecule has 0 radical (unpaired) electrons. The number of anilines is 1. The Morgan fingerprint density at radius 1 is 1.29 bits per heavy atom. The maximum absolute atomic E-state index is 3.62. The van der Waals surface area contributed by atoms with Crippen LogP contribution in [0.2, 0.25) is 0 Å². The fourth-order valence-electron chi connectivity index (χ4n) is 2.40. The van der Waals surface area contributed by atoms with Crippen LogP contribution in [0.1, 0.15) is 20.3 Å². The van der Waals surface area contributed by atoms with Crippen molar-refractivity contribution in [2.24, 2.45) is 0 Å². The van der Waals surface area contributed by atoms with Gasteiger partial charge in [0.15, 0.2) is 0 Å². The van der Waals surface area contributed by atoms with Gasteiger partial charge in [0.05, 0.1) is 0 Å². The van der Waals surface area contributed by atoms with Crippen molar-refractivity contribution in [2.45, 2.75) is 37.2 Å². The van der Waals surface area contributed by atoms with Gasteiger partial charge in [0.2, 0.25) is 0 Å². The SMILES string of the molecule is CSc1ccc(N2CCC(NC(C)C)C2)cc1. The van der Waals surface area contributed by atoms with Gasteiger partial charge >= 0.3 is 0 Å². The molecule has 1 aliphatic heterocycles. The molecule has 0 aliphatic carbocycles. The summed E-state index contributed by atoms with van der Waals surface area (Å²) in [7, 11) is 0. The molecule has 0 aromatic heterocycles. The molecule has 1 heterocycles. The second-order valence-electron chi connectivity index (χ2n) is 4.95. The first kappa shape index (κ1) is 12.8. The van der Waals surface area contributed by atoms with Crippen molar-refractivity contribution in [2.75, 3.05) is 24.2 Å². The monoisotopic (exact) mass is 250 g/mol. The quantitative estimate of drug-likeness (QED) is 0.827. The fraction of sp³-hybridized carbons (Fsp3) is 0.571. The number of nitrogens with one attached hydrogen (secondary N) is 1. The zero-order valence-electron chi connectivity index (χ0n) is 10.9. The van der Waals surface area contributed by atoms with Crippen LogP contribution in [0.3, 0.4) is 0 Å². The van der Waals surface area contributed by atoms with Crippen molar-refractivity contribution in [1.82, 2.24) is 5.32 Å². The molecule has 17 heavy (non-hydrogen) atoms. The largest absolute Gasteiger partial charge is 0.370 e. The number of rotatable bonds is 4. The standard InChI is InChI=1S/C14H22N2S/c1-11(2)15-12-8-9-16(10-12)13-4-6-14(17-3)7-5-13/h4-7,11-12,15H,8-10H2,1-3H3. The van der Waals surface area contributed by atoms with E-state index in [1.807, 2.05) is 0 Å². The zero-order valence-corrected chi connectivity index (χ0v) is 11.8. The average Bonchev–Trinajstić information content (AvgIpc) is 2.77. The van der Waals surface area contributed by atoms with E-state index in [4.69, 9.17) is 0 Å². The molecule has 0 bridgehead atoms. The molecule has 2 rings (SSSR count). The van der Waals surface area contributed by atoms with E-state index in [0.29, 0.717) is 12.1 Å². The van der Waals surface area contributed by atoms with Crippen molar-refractivity contribution < 1.29 is 0 Å². The summed E-state index contributed by atoms with van der Waals surface area (Å²) in [5, 5.41) is 3.62. The third kappa shape index (κ3) is 3.39. The Morgan fingerprint density at radius 3 is 2.59 bits per heavy atom. The van der Waals surface area contributed by atoms with Gasteiger partial charge in [-0.25, -0.2) is 0 Å². The second kappa shape index (κ2) is 5.78. The van der Waals surface area contributed by atoms with Crippen molar-refractivity contribution in [1.29, 1.82) is 0 Å². The predicted molar refractivity (Wildman–Crippen MR) is 77.1 cm³/mol. The highest BCUT2D eigenvalue weighted by Crippen LogP contribution is 2.23. The summed E-state index contributed by atoms with van der Waals surface area (Å²) in [5.74, 6) is 0. The molecule has 1 unspecified atom stereocenters. The molecule has 0 amide bonds. The summed E-state index contributed by atoms with van der Waals surface area (Å²) in [4.78, 5) is 3.81. The van der Waals surface area contributed by atoms with Crippen LogP contribution in [0.25, 0.3) is 0 Å². The van der Waals surface area contributed by atoms with E-state index in [9.17, 15) is 0 Å². The zero-order chi connectivity index (χ0) is 12.3. The molecular formula is C14H22N2S. The van der Waals surface area contributed by atoms with Crippen LogP contribution in [0, 0.1) is 0 Å². The maximum atomic E-state index is 3.62.